The Hall–Kier alpha value is -1.65. The Balaban J connectivity index is 1.65. The van der Waals surface area contributed by atoms with Crippen molar-refractivity contribution in [2.75, 3.05) is 13.7 Å². The summed E-state index contributed by atoms with van der Waals surface area (Å²) in [5.74, 6) is 1.12. The molecule has 1 heterocycles. The van der Waals surface area contributed by atoms with Crippen molar-refractivity contribution in [2.45, 2.75) is 38.3 Å². The maximum Gasteiger partial charge on any atom is 0.218 e. The lowest BCUT2D eigenvalue weighted by Gasteiger charge is -2.18. The van der Waals surface area contributed by atoms with Crippen molar-refractivity contribution in [1.29, 1.82) is 0 Å². The second-order valence-electron chi connectivity index (χ2n) is 6.09. The summed E-state index contributed by atoms with van der Waals surface area (Å²) in [4.78, 5) is 4.54. The summed E-state index contributed by atoms with van der Waals surface area (Å²) in [5.41, 5.74) is 1.97. The Morgan fingerprint density at radius 3 is 2.86 bits per heavy atom. The number of aromatic nitrogens is 1. The average molecular weight is 300 g/mol. The van der Waals surface area contributed by atoms with Crippen LogP contribution in [-0.4, -0.2) is 29.8 Å². The average Bonchev–Trinajstić information content (AvgIpc) is 3.08. The molecule has 1 aromatic carbocycles. The lowest BCUT2D eigenvalue weighted by molar-refractivity contribution is 0.109. The van der Waals surface area contributed by atoms with E-state index in [4.69, 9.17) is 4.74 Å². The largest absolute Gasteiger partial charge is 0.481 e. The van der Waals surface area contributed by atoms with Crippen LogP contribution in [0.25, 0.3) is 10.9 Å². The monoisotopic (exact) mass is 300 g/mol. The minimum Gasteiger partial charge on any atom is -0.481 e. The van der Waals surface area contributed by atoms with Crippen LogP contribution in [0.5, 0.6) is 5.88 Å². The van der Waals surface area contributed by atoms with Gasteiger partial charge in [-0.15, -0.1) is 0 Å². The Labute approximate surface area is 131 Å². The van der Waals surface area contributed by atoms with Crippen molar-refractivity contribution in [3.63, 3.8) is 0 Å². The Morgan fingerprint density at radius 1 is 1.32 bits per heavy atom. The van der Waals surface area contributed by atoms with E-state index in [1.54, 1.807) is 7.11 Å². The molecule has 0 aliphatic heterocycles. The molecule has 0 bridgehead atoms. The van der Waals surface area contributed by atoms with E-state index in [1.165, 1.54) is 12.8 Å². The van der Waals surface area contributed by atoms with Gasteiger partial charge >= 0.3 is 0 Å². The van der Waals surface area contributed by atoms with Gasteiger partial charge in [-0.25, -0.2) is 4.98 Å². The number of para-hydroxylation sites is 1. The zero-order valence-electron chi connectivity index (χ0n) is 13.1. The highest BCUT2D eigenvalue weighted by Gasteiger charge is 2.22. The first-order valence-electron chi connectivity index (χ1n) is 8.09. The number of methoxy groups -OCH3 is 1. The number of aliphatic hydroxyl groups excluding tert-OH is 1. The molecule has 4 heteroatoms. The third-order valence-corrected chi connectivity index (χ3v) is 4.57. The second kappa shape index (κ2) is 7.07. The predicted octanol–water partition coefficient (Wildman–Crippen LogP) is 2.88. The summed E-state index contributed by atoms with van der Waals surface area (Å²) in [6, 6.07) is 10.1. The molecule has 1 aliphatic rings. The van der Waals surface area contributed by atoms with Crippen LogP contribution in [0.2, 0.25) is 0 Å². The number of nitrogens with one attached hydrogen (secondary N) is 1. The molecule has 1 atom stereocenters. The molecule has 3 rings (SSSR count). The molecule has 1 aromatic heterocycles. The fourth-order valence-corrected chi connectivity index (χ4v) is 3.31. The van der Waals surface area contributed by atoms with E-state index in [0.717, 1.165) is 29.3 Å². The summed E-state index contributed by atoms with van der Waals surface area (Å²) >= 11 is 0. The molecule has 22 heavy (non-hydrogen) atoms. The van der Waals surface area contributed by atoms with Crippen LogP contribution in [0.1, 0.15) is 31.2 Å². The molecule has 1 aliphatic carbocycles. The Morgan fingerprint density at radius 2 is 2.09 bits per heavy atom. The number of ether oxygens (including phenoxy) is 1. The van der Waals surface area contributed by atoms with Crippen LogP contribution in [0, 0.1) is 5.92 Å². The molecule has 1 saturated carbocycles. The SMILES string of the molecule is COc1nc2ccccc2cc1CNCC(O)C1CCCC1. The number of aliphatic hydroxyl groups is 1. The topological polar surface area (TPSA) is 54.4 Å². The van der Waals surface area contributed by atoms with Crippen molar-refractivity contribution < 1.29 is 9.84 Å². The van der Waals surface area contributed by atoms with E-state index in [1.807, 2.05) is 18.2 Å². The quantitative estimate of drug-likeness (QED) is 0.861. The van der Waals surface area contributed by atoms with E-state index < -0.39 is 0 Å². The smallest absolute Gasteiger partial charge is 0.218 e. The Kier molecular flexibility index (Phi) is 4.90. The predicted molar refractivity (Wildman–Crippen MR) is 88.0 cm³/mol. The number of nitrogens with zero attached hydrogens (tertiary/aromatic N) is 1. The molecule has 2 aromatic rings. The summed E-state index contributed by atoms with van der Waals surface area (Å²) in [7, 11) is 1.65. The van der Waals surface area contributed by atoms with Gasteiger partial charge in [0.2, 0.25) is 5.88 Å². The highest BCUT2D eigenvalue weighted by molar-refractivity contribution is 5.80. The van der Waals surface area contributed by atoms with Crippen LogP contribution < -0.4 is 10.1 Å². The summed E-state index contributed by atoms with van der Waals surface area (Å²) < 4.78 is 5.40. The van der Waals surface area contributed by atoms with Gasteiger partial charge in [-0.05, 0) is 30.9 Å². The third-order valence-electron chi connectivity index (χ3n) is 4.57. The van der Waals surface area contributed by atoms with Crippen LogP contribution in [0.3, 0.4) is 0 Å². The zero-order valence-corrected chi connectivity index (χ0v) is 13.1. The third kappa shape index (κ3) is 3.39. The molecular weight excluding hydrogens is 276 g/mol. The molecule has 0 amide bonds. The van der Waals surface area contributed by atoms with E-state index in [0.29, 0.717) is 24.9 Å². The Bertz CT molecular complexity index is 624. The van der Waals surface area contributed by atoms with Gasteiger partial charge in [0.25, 0.3) is 0 Å². The maximum atomic E-state index is 10.2. The standard InChI is InChI=1S/C18H24N2O2/c1-22-18-15(10-14-8-4-5-9-16(14)20-18)11-19-12-17(21)13-6-2-3-7-13/h4-5,8-10,13,17,19,21H,2-3,6-7,11-12H2,1H3. The molecule has 118 valence electrons. The van der Waals surface area contributed by atoms with Gasteiger partial charge in [0, 0.05) is 24.0 Å². The zero-order chi connectivity index (χ0) is 15.4. The summed E-state index contributed by atoms with van der Waals surface area (Å²) in [6.45, 7) is 1.28. The lowest BCUT2D eigenvalue weighted by atomic mass is 10.0. The van der Waals surface area contributed by atoms with Gasteiger partial charge in [-0.1, -0.05) is 31.0 Å². The minimum atomic E-state index is -0.248. The number of benzene rings is 1. The molecule has 0 saturated heterocycles. The first-order chi connectivity index (χ1) is 10.8. The molecule has 1 fully saturated rings. The van der Waals surface area contributed by atoms with Crippen LogP contribution in [0.15, 0.2) is 30.3 Å². The van der Waals surface area contributed by atoms with Crippen LogP contribution in [0.4, 0.5) is 0 Å². The number of hydrogen-bond acceptors (Lipinski definition) is 4. The lowest BCUT2D eigenvalue weighted by Crippen LogP contribution is -2.31. The molecule has 2 N–H and O–H groups in total. The summed E-state index contributed by atoms with van der Waals surface area (Å²) in [5, 5.41) is 14.7. The maximum absolute atomic E-state index is 10.2. The number of hydrogen-bond donors (Lipinski definition) is 2. The first kappa shape index (κ1) is 15.3. The molecule has 0 radical (unpaired) electrons. The normalized spacial score (nSPS) is 17.0. The van der Waals surface area contributed by atoms with E-state index in [2.05, 4.69) is 22.4 Å². The van der Waals surface area contributed by atoms with E-state index in [9.17, 15) is 5.11 Å². The van der Waals surface area contributed by atoms with Gasteiger partial charge in [0.15, 0.2) is 0 Å². The van der Waals surface area contributed by atoms with E-state index >= 15 is 0 Å². The van der Waals surface area contributed by atoms with Crippen molar-refractivity contribution in [3.05, 3.63) is 35.9 Å². The van der Waals surface area contributed by atoms with Crippen molar-refractivity contribution >= 4 is 10.9 Å². The highest BCUT2D eigenvalue weighted by atomic mass is 16.5. The second-order valence-corrected chi connectivity index (χ2v) is 6.09. The molecular formula is C18H24N2O2. The minimum absolute atomic E-state index is 0.248. The first-order valence-corrected chi connectivity index (χ1v) is 8.09. The molecule has 4 nitrogen and oxygen atoms in total. The molecule has 0 spiro atoms. The van der Waals surface area contributed by atoms with Gasteiger partial charge in [0.05, 0.1) is 18.7 Å². The highest BCUT2D eigenvalue weighted by Crippen LogP contribution is 2.27. The number of pyridine rings is 1. The van der Waals surface area contributed by atoms with E-state index in [-0.39, 0.29) is 6.10 Å². The van der Waals surface area contributed by atoms with Gasteiger partial charge < -0.3 is 15.2 Å². The van der Waals surface area contributed by atoms with Crippen LogP contribution in [-0.2, 0) is 6.54 Å². The molecule has 1 unspecified atom stereocenters. The van der Waals surface area contributed by atoms with Gasteiger partial charge in [-0.2, -0.15) is 0 Å². The van der Waals surface area contributed by atoms with Crippen molar-refractivity contribution in [2.24, 2.45) is 5.92 Å². The van der Waals surface area contributed by atoms with Crippen molar-refractivity contribution in [3.8, 4) is 5.88 Å². The van der Waals surface area contributed by atoms with Crippen LogP contribution >= 0.6 is 0 Å². The number of fused-ring (bicyclic) bond motifs is 1. The summed E-state index contributed by atoms with van der Waals surface area (Å²) in [6.07, 6.45) is 4.57. The van der Waals surface area contributed by atoms with Gasteiger partial charge in [0.1, 0.15) is 0 Å². The van der Waals surface area contributed by atoms with Crippen molar-refractivity contribution in [1.82, 2.24) is 10.3 Å². The fourth-order valence-electron chi connectivity index (χ4n) is 3.31. The number of rotatable bonds is 6. The fraction of sp³-hybridized carbons (Fsp3) is 0.500. The van der Waals surface area contributed by atoms with Gasteiger partial charge in [-0.3, -0.25) is 0 Å².